The van der Waals surface area contributed by atoms with E-state index in [1.165, 1.54) is 0 Å². The highest BCUT2D eigenvalue weighted by Crippen LogP contribution is 2.04. The van der Waals surface area contributed by atoms with Gasteiger partial charge in [-0.25, -0.2) is 0 Å². The first-order valence-corrected chi connectivity index (χ1v) is 6.60. The molecule has 0 aromatic rings. The van der Waals surface area contributed by atoms with Crippen molar-refractivity contribution < 1.29 is 9.53 Å². The van der Waals surface area contributed by atoms with E-state index in [0.717, 1.165) is 32.6 Å². The average molecular weight is 243 g/mol. The lowest BCUT2D eigenvalue weighted by Crippen LogP contribution is -2.50. The quantitative estimate of drug-likeness (QED) is 0.609. The third kappa shape index (κ3) is 5.48. The molecule has 0 aromatic carbocycles. The standard InChI is InChI=1S/C12H25N3O2/c1-3-5-13-6-7-14-12(16)11-10-15(4-2)8-9-17-11/h11,13H,3-10H2,1-2H3,(H,14,16). The van der Waals surface area contributed by atoms with E-state index in [1.54, 1.807) is 0 Å². The van der Waals surface area contributed by atoms with E-state index in [9.17, 15) is 4.79 Å². The predicted molar refractivity (Wildman–Crippen MR) is 68.0 cm³/mol. The van der Waals surface area contributed by atoms with E-state index in [-0.39, 0.29) is 12.0 Å². The van der Waals surface area contributed by atoms with Gasteiger partial charge in [-0.1, -0.05) is 13.8 Å². The summed E-state index contributed by atoms with van der Waals surface area (Å²) in [5.74, 6) is 0.0152. The van der Waals surface area contributed by atoms with Crippen molar-refractivity contribution in [3.8, 4) is 0 Å². The van der Waals surface area contributed by atoms with Gasteiger partial charge in [0.25, 0.3) is 5.91 Å². The van der Waals surface area contributed by atoms with Crippen LogP contribution in [0.3, 0.4) is 0 Å². The molecule has 1 atom stereocenters. The zero-order chi connectivity index (χ0) is 12.5. The lowest BCUT2D eigenvalue weighted by atomic mass is 10.2. The highest BCUT2D eigenvalue weighted by Gasteiger charge is 2.25. The number of morpholine rings is 1. The number of carbonyl (C=O) groups excluding carboxylic acids is 1. The molecule has 1 amide bonds. The van der Waals surface area contributed by atoms with Crippen LogP contribution in [0.4, 0.5) is 0 Å². The minimum atomic E-state index is -0.296. The van der Waals surface area contributed by atoms with Gasteiger partial charge in [0.2, 0.25) is 0 Å². The number of rotatable bonds is 7. The van der Waals surface area contributed by atoms with Crippen LogP contribution in [0.15, 0.2) is 0 Å². The Morgan fingerprint density at radius 2 is 2.18 bits per heavy atom. The predicted octanol–water partition coefficient (Wildman–Crippen LogP) is -0.177. The first-order valence-electron chi connectivity index (χ1n) is 6.60. The molecule has 5 heteroatoms. The molecular weight excluding hydrogens is 218 g/mol. The Hall–Kier alpha value is -0.650. The van der Waals surface area contributed by atoms with Crippen LogP contribution in [0.5, 0.6) is 0 Å². The van der Waals surface area contributed by atoms with Gasteiger partial charge in [-0.15, -0.1) is 0 Å². The van der Waals surface area contributed by atoms with Crippen LogP contribution in [0, 0.1) is 0 Å². The molecule has 0 aliphatic carbocycles. The Balaban J connectivity index is 2.14. The molecule has 0 spiro atoms. The molecule has 1 heterocycles. The molecule has 1 fully saturated rings. The zero-order valence-electron chi connectivity index (χ0n) is 11.0. The molecule has 0 radical (unpaired) electrons. The Labute approximate surface area is 104 Å². The summed E-state index contributed by atoms with van der Waals surface area (Å²) in [5, 5.41) is 6.15. The van der Waals surface area contributed by atoms with E-state index in [2.05, 4.69) is 29.4 Å². The van der Waals surface area contributed by atoms with Crippen molar-refractivity contribution in [2.24, 2.45) is 0 Å². The van der Waals surface area contributed by atoms with Crippen molar-refractivity contribution in [2.45, 2.75) is 26.4 Å². The van der Waals surface area contributed by atoms with Crippen LogP contribution >= 0.6 is 0 Å². The topological polar surface area (TPSA) is 53.6 Å². The molecule has 1 saturated heterocycles. The second-order valence-electron chi connectivity index (χ2n) is 4.29. The normalized spacial score (nSPS) is 21.4. The number of likely N-dealkylation sites (N-methyl/N-ethyl adjacent to an activating group) is 1. The van der Waals surface area contributed by atoms with Crippen LogP contribution in [0.1, 0.15) is 20.3 Å². The number of amides is 1. The van der Waals surface area contributed by atoms with Crippen LogP contribution in [-0.2, 0) is 9.53 Å². The summed E-state index contributed by atoms with van der Waals surface area (Å²) < 4.78 is 5.48. The number of nitrogens with one attached hydrogen (secondary N) is 2. The Bertz CT molecular complexity index is 224. The van der Waals surface area contributed by atoms with Crippen molar-refractivity contribution >= 4 is 5.91 Å². The second-order valence-corrected chi connectivity index (χ2v) is 4.29. The lowest BCUT2D eigenvalue weighted by Gasteiger charge is -2.31. The Kier molecular flexibility index (Phi) is 7.16. The van der Waals surface area contributed by atoms with Crippen LogP contribution < -0.4 is 10.6 Å². The van der Waals surface area contributed by atoms with Gasteiger partial charge in [0.15, 0.2) is 0 Å². The summed E-state index contributed by atoms with van der Waals surface area (Å²) in [6, 6.07) is 0. The number of hydrogen-bond acceptors (Lipinski definition) is 4. The summed E-state index contributed by atoms with van der Waals surface area (Å²) in [5.41, 5.74) is 0. The van der Waals surface area contributed by atoms with Crippen LogP contribution in [0.2, 0.25) is 0 Å². The summed E-state index contributed by atoms with van der Waals surface area (Å²) >= 11 is 0. The third-order valence-electron chi connectivity index (χ3n) is 2.92. The minimum absolute atomic E-state index is 0.0152. The highest BCUT2D eigenvalue weighted by molar-refractivity contribution is 5.81. The molecule has 1 unspecified atom stereocenters. The summed E-state index contributed by atoms with van der Waals surface area (Å²) in [6.45, 7) is 10.00. The van der Waals surface area contributed by atoms with Gasteiger partial charge in [-0.05, 0) is 19.5 Å². The summed E-state index contributed by atoms with van der Waals surface area (Å²) in [7, 11) is 0. The molecule has 100 valence electrons. The molecule has 0 saturated carbocycles. The van der Waals surface area contributed by atoms with E-state index in [4.69, 9.17) is 4.74 Å². The van der Waals surface area contributed by atoms with Crippen molar-refractivity contribution in [2.75, 3.05) is 45.9 Å². The van der Waals surface area contributed by atoms with E-state index < -0.39 is 0 Å². The van der Waals surface area contributed by atoms with Crippen LogP contribution in [0.25, 0.3) is 0 Å². The van der Waals surface area contributed by atoms with Gasteiger partial charge in [0.1, 0.15) is 6.10 Å². The molecule has 1 rings (SSSR count). The number of ether oxygens (including phenoxy) is 1. The van der Waals surface area contributed by atoms with Gasteiger partial charge >= 0.3 is 0 Å². The first kappa shape index (κ1) is 14.4. The SMILES string of the molecule is CCCNCCNC(=O)C1CN(CC)CCO1. The fourth-order valence-corrected chi connectivity index (χ4v) is 1.84. The van der Waals surface area contributed by atoms with Gasteiger partial charge in [0, 0.05) is 26.2 Å². The van der Waals surface area contributed by atoms with Crippen molar-refractivity contribution in [3.63, 3.8) is 0 Å². The summed E-state index contributed by atoms with van der Waals surface area (Å²) in [4.78, 5) is 14.0. The van der Waals surface area contributed by atoms with Gasteiger partial charge in [-0.2, -0.15) is 0 Å². The maximum Gasteiger partial charge on any atom is 0.250 e. The summed E-state index contributed by atoms with van der Waals surface area (Å²) in [6.07, 6.45) is 0.820. The van der Waals surface area contributed by atoms with E-state index >= 15 is 0 Å². The molecule has 2 N–H and O–H groups in total. The van der Waals surface area contributed by atoms with Gasteiger partial charge < -0.3 is 15.4 Å². The van der Waals surface area contributed by atoms with E-state index in [1.807, 2.05) is 0 Å². The smallest absolute Gasteiger partial charge is 0.250 e. The molecule has 1 aliphatic heterocycles. The van der Waals surface area contributed by atoms with Crippen molar-refractivity contribution in [1.29, 1.82) is 0 Å². The molecule has 5 nitrogen and oxygen atoms in total. The third-order valence-corrected chi connectivity index (χ3v) is 2.92. The first-order chi connectivity index (χ1) is 8.27. The molecule has 0 bridgehead atoms. The molecule has 17 heavy (non-hydrogen) atoms. The van der Waals surface area contributed by atoms with E-state index in [0.29, 0.717) is 19.7 Å². The lowest BCUT2D eigenvalue weighted by molar-refractivity contribution is -0.138. The highest BCUT2D eigenvalue weighted by atomic mass is 16.5. The molecule has 0 aromatic heterocycles. The maximum atomic E-state index is 11.8. The second kappa shape index (κ2) is 8.44. The fraction of sp³-hybridized carbons (Fsp3) is 0.917. The number of hydrogen-bond donors (Lipinski definition) is 2. The fourth-order valence-electron chi connectivity index (χ4n) is 1.84. The number of nitrogens with zero attached hydrogens (tertiary/aromatic N) is 1. The van der Waals surface area contributed by atoms with Crippen molar-refractivity contribution in [3.05, 3.63) is 0 Å². The van der Waals surface area contributed by atoms with Crippen LogP contribution in [-0.4, -0.2) is 62.8 Å². The van der Waals surface area contributed by atoms with Crippen molar-refractivity contribution in [1.82, 2.24) is 15.5 Å². The van der Waals surface area contributed by atoms with Gasteiger partial charge in [-0.3, -0.25) is 9.69 Å². The average Bonchev–Trinajstić information content (AvgIpc) is 2.38. The zero-order valence-corrected chi connectivity index (χ0v) is 11.0. The molecule has 1 aliphatic rings. The number of carbonyl (C=O) groups is 1. The largest absolute Gasteiger partial charge is 0.366 e. The maximum absolute atomic E-state index is 11.8. The Morgan fingerprint density at radius 3 is 2.88 bits per heavy atom. The molecular formula is C12H25N3O2. The monoisotopic (exact) mass is 243 g/mol. The van der Waals surface area contributed by atoms with Gasteiger partial charge in [0.05, 0.1) is 6.61 Å². The minimum Gasteiger partial charge on any atom is -0.366 e. The Morgan fingerprint density at radius 1 is 1.35 bits per heavy atom.